The number of nitrogens with one attached hydrogen (secondary N) is 6. The molecule has 23 nitrogen and oxygen atoms in total. The maximum absolute atomic E-state index is 15.4. The Bertz CT molecular complexity index is 2900. The molecule has 0 saturated heterocycles. The number of rotatable bonds is 27. The lowest BCUT2D eigenvalue weighted by Crippen LogP contribution is -2.59. The van der Waals surface area contributed by atoms with Gasteiger partial charge in [-0.15, -0.1) is 0 Å². The molecular formula is C53H63F2N11O12. The normalized spacial score (nSPS) is 14.3. The lowest BCUT2D eigenvalue weighted by atomic mass is 9.82. The molecule has 2 aromatic carbocycles. The number of pyridine rings is 1. The minimum absolute atomic E-state index is 0.0879. The molecule has 10 amide bonds. The highest BCUT2D eigenvalue weighted by atomic mass is 19.1. The van der Waals surface area contributed by atoms with Gasteiger partial charge in [0.25, 0.3) is 11.8 Å². The number of halogens is 2. The summed E-state index contributed by atoms with van der Waals surface area (Å²) in [6.45, 7) is 2.89. The van der Waals surface area contributed by atoms with Gasteiger partial charge in [0.2, 0.25) is 47.3 Å². The molecule has 416 valence electrons. The number of nitrogens with two attached hydrogens (primary N) is 1. The molecule has 0 bridgehead atoms. The number of carbonyl (C=O) groups is 10. The maximum atomic E-state index is 15.4. The average molecular weight is 1090 g/mol. The molecule has 25 heteroatoms. The van der Waals surface area contributed by atoms with E-state index in [4.69, 9.17) is 7.15 Å². The summed E-state index contributed by atoms with van der Waals surface area (Å²) < 4.78 is 40.0. The zero-order valence-electron chi connectivity index (χ0n) is 44.2. The number of carbonyl (C=O) groups excluding carboxylic acids is 10. The summed E-state index contributed by atoms with van der Waals surface area (Å²) >= 11 is 0. The first-order valence-corrected chi connectivity index (χ1v) is 24.6. The summed E-state index contributed by atoms with van der Waals surface area (Å²) in [5.74, 6) is -10.9. The molecule has 78 heavy (non-hydrogen) atoms. The first-order chi connectivity index (χ1) is 37.4. The molecule has 0 spiro atoms. The summed E-state index contributed by atoms with van der Waals surface area (Å²) in [4.78, 5) is 137. The van der Waals surface area contributed by atoms with Gasteiger partial charge in [0.15, 0.2) is 1.41 Å². The largest absolute Gasteiger partial charge is 0.394 e. The van der Waals surface area contributed by atoms with Crippen LogP contribution in [0, 0.1) is 17.0 Å². The summed E-state index contributed by atoms with van der Waals surface area (Å²) in [7, 11) is 0. The Morgan fingerprint density at radius 1 is 0.782 bits per heavy atom. The van der Waals surface area contributed by atoms with Crippen LogP contribution in [-0.4, -0.2) is 152 Å². The second-order valence-electron chi connectivity index (χ2n) is 19.2. The molecule has 5 rings (SSSR count). The highest BCUT2D eigenvalue weighted by Gasteiger charge is 2.39. The number of hydrogen-bond acceptors (Lipinski definition) is 13. The van der Waals surface area contributed by atoms with Gasteiger partial charge in [-0.25, -0.2) is 8.78 Å². The van der Waals surface area contributed by atoms with Crippen LogP contribution in [0.4, 0.5) is 8.78 Å². The molecule has 0 aliphatic carbocycles. The number of hydrogen-bond donors (Lipinski definition) is 9. The van der Waals surface area contributed by atoms with Crippen molar-refractivity contribution in [2.45, 2.75) is 83.7 Å². The Morgan fingerprint density at radius 2 is 1.41 bits per heavy atom. The lowest BCUT2D eigenvalue weighted by Gasteiger charge is -2.41. The average Bonchev–Trinajstić information content (AvgIpc) is 4.04. The van der Waals surface area contributed by atoms with Crippen LogP contribution in [0.3, 0.4) is 0 Å². The van der Waals surface area contributed by atoms with Crippen LogP contribution in [0.1, 0.15) is 63.4 Å². The fourth-order valence-corrected chi connectivity index (χ4v) is 8.37. The van der Waals surface area contributed by atoms with Crippen LogP contribution in [0.25, 0.3) is 11.1 Å². The van der Waals surface area contributed by atoms with Gasteiger partial charge in [-0.3, -0.25) is 57.8 Å². The minimum atomic E-state index is -1.90. The van der Waals surface area contributed by atoms with E-state index in [1.54, 1.807) is 55.8 Å². The van der Waals surface area contributed by atoms with Gasteiger partial charge in [-0.1, -0.05) is 51.1 Å². The number of amides is 10. The first kappa shape index (κ1) is 58.5. The predicted octanol–water partition coefficient (Wildman–Crippen LogP) is -0.598. The van der Waals surface area contributed by atoms with E-state index in [-0.39, 0.29) is 37.2 Å². The topological polar surface area (TPSA) is 334 Å². The van der Waals surface area contributed by atoms with Gasteiger partial charge in [0.05, 0.1) is 25.5 Å². The van der Waals surface area contributed by atoms with E-state index >= 15 is 4.39 Å². The molecule has 1 aliphatic heterocycles. The summed E-state index contributed by atoms with van der Waals surface area (Å²) in [5, 5.41) is 32.9. The van der Waals surface area contributed by atoms with Crippen molar-refractivity contribution in [1.29, 1.82) is 0 Å². The van der Waals surface area contributed by atoms with E-state index in [2.05, 4.69) is 31.6 Å². The quantitative estimate of drug-likeness (QED) is 0.0267. The zero-order chi connectivity index (χ0) is 58.1. The molecule has 4 aromatic rings. The van der Waals surface area contributed by atoms with Crippen molar-refractivity contribution >= 4 is 59.1 Å². The summed E-state index contributed by atoms with van der Waals surface area (Å²) in [5.41, 5.74) is 6.38. The second-order valence-corrected chi connectivity index (χ2v) is 19.2. The molecule has 0 unspecified atom stereocenters. The van der Waals surface area contributed by atoms with Gasteiger partial charge >= 0.3 is 0 Å². The Hall–Kier alpha value is -8.71. The minimum Gasteiger partial charge on any atom is -0.394 e. The Kier molecular flexibility index (Phi) is 20.9. The third-order valence-electron chi connectivity index (χ3n) is 12.1. The van der Waals surface area contributed by atoms with E-state index in [0.29, 0.717) is 21.5 Å². The standard InChI is InChI=1S/C53H63F2N11O12/c1-31(60-43(70)22-32-14-17-57-18-15-32)49(75)63-40(29-67)52(78)62-39(25-42(56)69)51(77)61-38(50(76)59-20-19-58-44(71)28-66-45(72)12-13-46(66)73)16-21-65(47(74)30-68)48(53(2,3)4)41-23-34(36-24-35(54)10-11-37(36)55)27-64(41)26-33-8-6-5-7-9-33/h5-15,17-18,23-24,27,31,38-40,48,67-68H,16,19-22,25-26,28-30H2,1-4H3,(H2,56,69)(H,58,71)(H,59,76)(H,60,70)(H,61,77)(H,62,78)(H,63,75)/t31-,38-,39-,40-,48-/m0/s1/i/hD. The van der Waals surface area contributed by atoms with Crippen LogP contribution in [0.2, 0.25) is 1.41 Å². The van der Waals surface area contributed by atoms with Gasteiger partial charge < -0.3 is 57.3 Å². The van der Waals surface area contributed by atoms with Crippen molar-refractivity contribution in [1.82, 2.24) is 51.2 Å². The Balaban J connectivity index is 1.43. The SMILES string of the molecule is [2H]N(C(=O)Cc1ccncc1)[C@@H](C)C(=O)N[C@@H](CO)C(=O)N[C@@H](CC(N)=O)C(=O)N[C@@H](CCN(C(=O)CO)[C@@H](c1cc(-c2cc(F)ccc2F)cn1Cc1ccccc1)C(C)(C)C)C(=O)NCCNC(=O)CN1C(=O)C=CC1=O. The second kappa shape index (κ2) is 27.9. The molecule has 10 N–H and O–H groups in total. The smallest absolute Gasteiger partial charge is 0.254 e. The monoisotopic (exact) mass is 1080 g/mol. The number of aliphatic hydroxyl groups excluding tert-OH is 2. The van der Waals surface area contributed by atoms with E-state index < -0.39 is 145 Å². The van der Waals surface area contributed by atoms with Crippen LogP contribution in [0.15, 0.2) is 97.5 Å². The van der Waals surface area contributed by atoms with Crippen LogP contribution >= 0.6 is 0 Å². The fraction of sp³-hybridized carbons (Fsp3) is 0.377. The molecule has 0 fully saturated rings. The zero-order valence-corrected chi connectivity index (χ0v) is 43.2. The third kappa shape index (κ3) is 17.2. The maximum Gasteiger partial charge on any atom is 0.254 e. The summed E-state index contributed by atoms with van der Waals surface area (Å²) in [6.07, 6.45) is 4.79. The molecule has 0 radical (unpaired) electrons. The molecule has 1 aliphatic rings. The number of primary amides is 1. The van der Waals surface area contributed by atoms with Gasteiger partial charge in [0, 0.05) is 73.7 Å². The number of aromatic nitrogens is 2. The highest BCUT2D eigenvalue weighted by molar-refractivity contribution is 6.14. The van der Waals surface area contributed by atoms with Crippen molar-refractivity contribution in [3.05, 3.63) is 126 Å². The van der Waals surface area contributed by atoms with Crippen molar-refractivity contribution in [2.24, 2.45) is 11.1 Å². The van der Waals surface area contributed by atoms with E-state index in [0.717, 1.165) is 35.9 Å². The number of aliphatic hydroxyl groups is 2. The third-order valence-corrected chi connectivity index (χ3v) is 12.1. The van der Waals surface area contributed by atoms with Gasteiger partial charge in [-0.2, -0.15) is 0 Å². The highest BCUT2D eigenvalue weighted by Crippen LogP contribution is 2.41. The van der Waals surface area contributed by atoms with Gasteiger partial charge in [-0.05, 0) is 66.3 Å². The van der Waals surface area contributed by atoms with Crippen molar-refractivity contribution in [2.75, 3.05) is 39.4 Å². The van der Waals surface area contributed by atoms with Crippen LogP contribution < -0.4 is 37.6 Å². The molecule has 2 aromatic heterocycles. The van der Waals surface area contributed by atoms with E-state index in [1.165, 1.54) is 36.4 Å². The van der Waals surface area contributed by atoms with Crippen molar-refractivity contribution < 1.29 is 68.4 Å². The van der Waals surface area contributed by atoms with E-state index in [9.17, 15) is 62.5 Å². The molecule has 3 heterocycles. The molecular weight excluding hydrogens is 1020 g/mol. The fourth-order valence-electron chi connectivity index (χ4n) is 8.37. The lowest BCUT2D eigenvalue weighted by molar-refractivity contribution is -0.141. The Labute approximate surface area is 448 Å². The van der Waals surface area contributed by atoms with Crippen molar-refractivity contribution in [3.63, 3.8) is 0 Å². The van der Waals surface area contributed by atoms with Gasteiger partial charge in [0.1, 0.15) is 49.0 Å². The van der Waals surface area contributed by atoms with Crippen molar-refractivity contribution in [3.8, 4) is 11.1 Å². The predicted molar refractivity (Wildman–Crippen MR) is 275 cm³/mol. The summed E-state index contributed by atoms with van der Waals surface area (Å²) in [6, 6.07) is 8.72. The number of imide groups is 1. The number of nitrogens with zero attached hydrogens (tertiary/aromatic N) is 4. The van der Waals surface area contributed by atoms with Crippen LogP contribution in [-0.2, 0) is 60.9 Å². The first-order valence-electron chi connectivity index (χ1n) is 25.0. The molecule has 5 atom stereocenters. The number of benzene rings is 2. The Morgan fingerprint density at radius 3 is 2.04 bits per heavy atom. The van der Waals surface area contributed by atoms with Crippen LogP contribution in [0.5, 0.6) is 0 Å². The molecule has 0 saturated carbocycles. The van der Waals surface area contributed by atoms with E-state index in [1.807, 2.05) is 12.1 Å².